The Morgan fingerprint density at radius 2 is 1.75 bits per heavy atom. The number of rotatable bonds is 11. The monoisotopic (exact) mass is 708 g/mol. The summed E-state index contributed by atoms with van der Waals surface area (Å²) in [6.45, 7) is 13.9. The molecule has 3 saturated carbocycles. The van der Waals surface area contributed by atoms with Crippen LogP contribution in [0.1, 0.15) is 117 Å². The number of hydrogen-bond donors (Lipinski definition) is 0. The van der Waals surface area contributed by atoms with E-state index < -0.39 is 0 Å². The number of esters is 1. The maximum Gasteiger partial charge on any atom is 0.344 e. The van der Waals surface area contributed by atoms with Crippen LogP contribution in [0.2, 0.25) is 0 Å². The number of aryl methyl sites for hydroxylation is 1. The van der Waals surface area contributed by atoms with Gasteiger partial charge in [-0.2, -0.15) is 0 Å². The molecule has 280 valence electrons. The summed E-state index contributed by atoms with van der Waals surface area (Å²) in [6, 6.07) is 14.1. The zero-order valence-electron chi connectivity index (χ0n) is 32.4. The van der Waals surface area contributed by atoms with E-state index in [0.29, 0.717) is 33.6 Å². The van der Waals surface area contributed by atoms with Gasteiger partial charge in [-0.1, -0.05) is 83.7 Å². The van der Waals surface area contributed by atoms with E-state index in [0.717, 1.165) is 54.8 Å². The van der Waals surface area contributed by atoms with E-state index in [4.69, 9.17) is 18.6 Å². The third kappa shape index (κ3) is 7.46. The number of benzene rings is 2. The van der Waals surface area contributed by atoms with Crippen molar-refractivity contribution in [3.63, 3.8) is 0 Å². The van der Waals surface area contributed by atoms with E-state index in [1.54, 1.807) is 37.3 Å². The van der Waals surface area contributed by atoms with Crippen molar-refractivity contribution in [2.75, 3.05) is 6.61 Å². The highest BCUT2D eigenvalue weighted by Gasteiger charge is 2.56. The molecule has 3 fully saturated rings. The summed E-state index contributed by atoms with van der Waals surface area (Å²) in [7, 11) is 0. The number of para-hydroxylation sites is 1. The number of carbonyl (C=O) groups is 1. The molecule has 0 spiro atoms. The molecule has 0 aliphatic heterocycles. The molecule has 0 amide bonds. The predicted molar refractivity (Wildman–Crippen MR) is 207 cm³/mol. The molecule has 6 nitrogen and oxygen atoms in total. The van der Waals surface area contributed by atoms with Crippen LogP contribution in [0, 0.1) is 53.3 Å². The van der Waals surface area contributed by atoms with Gasteiger partial charge in [0.25, 0.3) is 0 Å². The fourth-order valence-corrected chi connectivity index (χ4v) is 11.0. The van der Waals surface area contributed by atoms with Gasteiger partial charge >= 0.3 is 5.97 Å². The minimum atomic E-state index is -0.365. The maximum absolute atomic E-state index is 13.2. The quantitative estimate of drug-likeness (QED) is 0.146. The maximum atomic E-state index is 13.2. The summed E-state index contributed by atoms with van der Waals surface area (Å²) in [5, 5.41) is 0.386. The van der Waals surface area contributed by atoms with Gasteiger partial charge in [-0.15, -0.1) is 0 Å². The molecule has 0 saturated heterocycles. The van der Waals surface area contributed by atoms with Gasteiger partial charge < -0.3 is 18.6 Å². The van der Waals surface area contributed by atoms with Gasteiger partial charge in [0.15, 0.2) is 6.61 Å². The van der Waals surface area contributed by atoms with Crippen LogP contribution < -0.4 is 14.9 Å². The van der Waals surface area contributed by atoms with Crippen LogP contribution in [0.25, 0.3) is 11.0 Å². The van der Waals surface area contributed by atoms with Gasteiger partial charge in [-0.05, 0) is 129 Å². The molecule has 6 heteroatoms. The Kier molecular flexibility index (Phi) is 10.7. The molecule has 4 aliphatic rings. The molecule has 0 bridgehead atoms. The normalized spacial score (nSPS) is 30.4. The smallest absolute Gasteiger partial charge is 0.344 e. The van der Waals surface area contributed by atoms with E-state index >= 15 is 0 Å². The summed E-state index contributed by atoms with van der Waals surface area (Å²) in [4.78, 5) is 26.2. The van der Waals surface area contributed by atoms with Gasteiger partial charge in [0.2, 0.25) is 11.2 Å². The van der Waals surface area contributed by atoms with E-state index in [1.165, 1.54) is 63.4 Å². The average Bonchev–Trinajstić information content (AvgIpc) is 3.12. The predicted octanol–water partition coefficient (Wildman–Crippen LogP) is 11.6. The van der Waals surface area contributed by atoms with E-state index in [9.17, 15) is 9.59 Å². The molecule has 1 aromatic heterocycles. The van der Waals surface area contributed by atoms with Crippen LogP contribution in [0.15, 0.2) is 69.4 Å². The van der Waals surface area contributed by atoms with Crippen molar-refractivity contribution >= 4 is 16.9 Å². The minimum Gasteiger partial charge on any atom is -0.482 e. The highest BCUT2D eigenvalue weighted by Crippen LogP contribution is 2.65. The number of hydrogen-bond acceptors (Lipinski definition) is 6. The largest absolute Gasteiger partial charge is 0.482 e. The lowest BCUT2D eigenvalue weighted by molar-refractivity contribution is -0.154. The van der Waals surface area contributed by atoms with Crippen molar-refractivity contribution < 1.29 is 23.4 Å². The summed E-state index contributed by atoms with van der Waals surface area (Å²) in [5.41, 5.74) is 2.34. The SMILES string of the molecule is Cc1oc2cc(OCC(=O)O[C@@H]3CC[C@]4(C)C(=CC[C@H]5[C@H]6CC[C@@H]([C@@H](C)CCCC(C)C)C[C@]6(C)CC[C@H]54)C3)ccc2c(=O)c1Oc1ccccc1. The summed E-state index contributed by atoms with van der Waals surface area (Å²) >= 11 is 0. The molecule has 0 radical (unpaired) electrons. The lowest BCUT2D eigenvalue weighted by atomic mass is 9.44. The molecule has 1 heterocycles. The molecular formula is C46H60O6. The fourth-order valence-electron chi connectivity index (χ4n) is 11.0. The van der Waals surface area contributed by atoms with Gasteiger partial charge in [0.1, 0.15) is 28.9 Å². The molecule has 4 aliphatic carbocycles. The summed E-state index contributed by atoms with van der Waals surface area (Å²) in [5.74, 6) is 6.09. The Balaban J connectivity index is 0.933. The second-order valence-electron chi connectivity index (χ2n) is 17.8. The Morgan fingerprint density at radius 3 is 2.54 bits per heavy atom. The second kappa shape index (κ2) is 15.1. The van der Waals surface area contributed by atoms with Gasteiger partial charge in [0.05, 0.1) is 5.39 Å². The van der Waals surface area contributed by atoms with Crippen molar-refractivity contribution in [1.29, 1.82) is 0 Å². The molecule has 0 unspecified atom stereocenters. The molecule has 52 heavy (non-hydrogen) atoms. The molecule has 7 rings (SSSR count). The summed E-state index contributed by atoms with van der Waals surface area (Å²) < 4.78 is 23.7. The van der Waals surface area contributed by atoms with Crippen LogP contribution in [0.4, 0.5) is 0 Å². The highest BCUT2D eigenvalue weighted by atomic mass is 16.6. The van der Waals surface area contributed by atoms with Crippen molar-refractivity contribution in [1.82, 2.24) is 0 Å². The molecular weight excluding hydrogens is 649 g/mol. The first kappa shape index (κ1) is 36.8. The highest BCUT2D eigenvalue weighted by molar-refractivity contribution is 5.80. The van der Waals surface area contributed by atoms with Crippen molar-refractivity contribution in [3.8, 4) is 17.2 Å². The number of ether oxygens (including phenoxy) is 3. The molecule has 8 atom stereocenters. The molecule has 0 N–H and O–H groups in total. The van der Waals surface area contributed by atoms with Gasteiger partial charge in [-0.25, -0.2) is 4.79 Å². The zero-order valence-corrected chi connectivity index (χ0v) is 32.4. The topological polar surface area (TPSA) is 75.0 Å². The third-order valence-corrected chi connectivity index (χ3v) is 14.0. The van der Waals surface area contributed by atoms with Crippen molar-refractivity contribution in [2.45, 2.75) is 125 Å². The standard InChI is InChI=1S/C46H60O6/c1-29(2)11-10-12-30(3)32-15-20-39-37-18-16-33-25-36(21-24-46(33,6)40(37)22-23-45(39,5)27-32)51-42(47)28-49-35-17-19-38-41(26-35)50-31(4)44(43(38)48)52-34-13-8-7-9-14-34/h7-9,13-14,16-17,19,26,29-30,32,36-37,39-40H,10-12,15,18,20-25,27-28H2,1-6H3/t30-,32+,36+,37-,39+,40+,45-,46+/m0/s1. The van der Waals surface area contributed by atoms with E-state index in [-0.39, 0.29) is 35.3 Å². The Hall–Kier alpha value is -3.54. The van der Waals surface area contributed by atoms with Crippen LogP contribution in [0.5, 0.6) is 17.2 Å². The van der Waals surface area contributed by atoms with Crippen molar-refractivity contribution in [3.05, 3.63) is 76.2 Å². The lowest BCUT2D eigenvalue weighted by Gasteiger charge is -2.61. The Labute approximate surface area is 310 Å². The Morgan fingerprint density at radius 1 is 0.942 bits per heavy atom. The van der Waals surface area contributed by atoms with Crippen molar-refractivity contribution in [2.24, 2.45) is 46.3 Å². The van der Waals surface area contributed by atoms with Crippen LogP contribution in [-0.4, -0.2) is 18.7 Å². The zero-order chi connectivity index (χ0) is 36.6. The van der Waals surface area contributed by atoms with Gasteiger partial charge in [0, 0.05) is 12.5 Å². The van der Waals surface area contributed by atoms with Crippen LogP contribution in [-0.2, 0) is 9.53 Å². The molecule has 2 aromatic carbocycles. The number of allylic oxidation sites excluding steroid dienone is 1. The Bertz CT molecular complexity index is 1820. The lowest BCUT2D eigenvalue weighted by Crippen LogP contribution is -2.52. The van der Waals surface area contributed by atoms with Crippen LogP contribution >= 0.6 is 0 Å². The minimum absolute atomic E-state index is 0.117. The van der Waals surface area contributed by atoms with E-state index in [2.05, 4.69) is 40.7 Å². The van der Waals surface area contributed by atoms with Crippen LogP contribution in [0.3, 0.4) is 0 Å². The third-order valence-electron chi connectivity index (χ3n) is 14.0. The first-order valence-corrected chi connectivity index (χ1v) is 20.3. The average molecular weight is 709 g/mol. The summed E-state index contributed by atoms with van der Waals surface area (Å²) in [6.07, 6.45) is 17.5. The fraction of sp³-hybridized carbons (Fsp3) is 0.609. The first-order chi connectivity index (χ1) is 24.9. The van der Waals surface area contributed by atoms with E-state index in [1.807, 2.05) is 18.2 Å². The first-order valence-electron chi connectivity index (χ1n) is 20.3. The molecule has 3 aromatic rings. The second-order valence-corrected chi connectivity index (χ2v) is 17.8. The van der Waals surface area contributed by atoms with Gasteiger partial charge in [-0.3, -0.25) is 4.79 Å². The number of fused-ring (bicyclic) bond motifs is 6. The number of carbonyl (C=O) groups excluding carboxylic acids is 1.